The first-order chi connectivity index (χ1) is 22.0. The van der Waals surface area contributed by atoms with Crippen molar-refractivity contribution in [2.75, 3.05) is 13.1 Å². The molecule has 2 aromatic rings. The number of benzene rings is 2. The highest BCUT2D eigenvalue weighted by Crippen LogP contribution is 2.10. The van der Waals surface area contributed by atoms with Crippen LogP contribution in [-0.4, -0.2) is 72.4 Å². The molecule has 0 aliphatic carbocycles. The van der Waals surface area contributed by atoms with Crippen molar-refractivity contribution in [3.63, 3.8) is 0 Å². The zero-order valence-corrected chi connectivity index (χ0v) is 27.4. The van der Waals surface area contributed by atoms with Gasteiger partial charge in [0.05, 0.1) is 13.1 Å². The molecule has 0 fully saturated rings. The Morgan fingerprint density at radius 2 is 1.28 bits per heavy atom. The van der Waals surface area contributed by atoms with Crippen molar-refractivity contribution in [2.24, 2.45) is 11.7 Å². The normalized spacial score (nSPS) is 13.0. The first-order valence-electron chi connectivity index (χ1n) is 15.2. The van der Waals surface area contributed by atoms with Gasteiger partial charge in [0.25, 0.3) is 0 Å². The number of amides is 6. The molecule has 6 amide bonds. The molecular formula is C33H45FN6O7. The predicted molar refractivity (Wildman–Crippen MR) is 172 cm³/mol. The van der Waals surface area contributed by atoms with Gasteiger partial charge in [0.1, 0.15) is 29.5 Å². The van der Waals surface area contributed by atoms with E-state index in [4.69, 9.17) is 10.5 Å². The Balaban J connectivity index is 2.00. The lowest BCUT2D eigenvalue weighted by molar-refractivity contribution is -0.132. The van der Waals surface area contributed by atoms with Crippen molar-refractivity contribution in [3.05, 3.63) is 71.5 Å². The van der Waals surface area contributed by atoms with Gasteiger partial charge in [0.2, 0.25) is 29.5 Å². The lowest BCUT2D eigenvalue weighted by Gasteiger charge is -2.23. The molecular weight excluding hydrogens is 611 g/mol. The van der Waals surface area contributed by atoms with Crippen molar-refractivity contribution in [3.8, 4) is 0 Å². The highest BCUT2D eigenvalue weighted by Gasteiger charge is 2.28. The Hall–Kier alpha value is -5.01. The standard InChI is InChI=1S/C33H45FN6O7/c1-20(2)15-24(29(35)43)39-31(45)26(16-21-9-7-6-8-10-21)38-28(42)19-36-27(41)18-37-30(44)25(40-32(46)47-33(3,4)5)17-22-11-13-23(34)14-12-22/h6-14,20,24-26H,15-19H2,1-5H3,(H2,35,43)(H,36,41)(H,37,44)(H,38,42)(H,39,45)(H,40,46)/t24-,25-,26-/m0/s1. The molecule has 0 aromatic heterocycles. The molecule has 14 heteroatoms. The fourth-order valence-electron chi connectivity index (χ4n) is 4.34. The summed E-state index contributed by atoms with van der Waals surface area (Å²) in [6.45, 7) is 7.66. The van der Waals surface area contributed by atoms with Crippen molar-refractivity contribution in [1.29, 1.82) is 0 Å². The summed E-state index contributed by atoms with van der Waals surface area (Å²) < 4.78 is 18.6. The van der Waals surface area contributed by atoms with Crippen LogP contribution in [0.3, 0.4) is 0 Å². The van der Waals surface area contributed by atoms with E-state index in [9.17, 15) is 33.2 Å². The number of halogens is 1. The van der Waals surface area contributed by atoms with Crippen LogP contribution >= 0.6 is 0 Å². The summed E-state index contributed by atoms with van der Waals surface area (Å²) >= 11 is 0. The lowest BCUT2D eigenvalue weighted by atomic mass is 10.0. The largest absolute Gasteiger partial charge is 0.444 e. The van der Waals surface area contributed by atoms with Crippen LogP contribution in [0.2, 0.25) is 0 Å². The van der Waals surface area contributed by atoms with Crippen molar-refractivity contribution < 1.29 is 37.9 Å². The SMILES string of the molecule is CC(C)C[C@H](NC(=O)[C@H](Cc1ccccc1)NC(=O)CNC(=O)CNC(=O)[C@H](Cc1ccc(F)cc1)NC(=O)OC(C)(C)C)C(N)=O. The highest BCUT2D eigenvalue weighted by molar-refractivity contribution is 5.94. The van der Waals surface area contributed by atoms with Crippen LogP contribution in [0.15, 0.2) is 54.6 Å². The number of ether oxygens (including phenoxy) is 1. The molecule has 2 aromatic carbocycles. The number of alkyl carbamates (subject to hydrolysis) is 1. The molecule has 13 nitrogen and oxygen atoms in total. The smallest absolute Gasteiger partial charge is 0.408 e. The van der Waals surface area contributed by atoms with Gasteiger partial charge in [-0.05, 0) is 56.4 Å². The minimum Gasteiger partial charge on any atom is -0.444 e. The quantitative estimate of drug-likeness (QED) is 0.156. The number of nitrogens with one attached hydrogen (secondary N) is 5. The van der Waals surface area contributed by atoms with Crippen molar-refractivity contribution in [2.45, 2.75) is 77.6 Å². The zero-order valence-electron chi connectivity index (χ0n) is 27.4. The third-order valence-corrected chi connectivity index (χ3v) is 6.53. The first kappa shape index (κ1) is 38.2. The molecule has 0 saturated carbocycles. The molecule has 0 aliphatic heterocycles. The monoisotopic (exact) mass is 656 g/mol. The van der Waals surface area contributed by atoms with E-state index >= 15 is 0 Å². The second kappa shape index (κ2) is 18.2. The van der Waals surface area contributed by atoms with Gasteiger partial charge >= 0.3 is 6.09 Å². The number of hydrogen-bond donors (Lipinski definition) is 6. The van der Waals surface area contributed by atoms with Crippen LogP contribution < -0.4 is 32.3 Å². The Morgan fingerprint density at radius 1 is 0.723 bits per heavy atom. The Morgan fingerprint density at radius 3 is 1.83 bits per heavy atom. The molecule has 0 bridgehead atoms. The van der Waals surface area contributed by atoms with Gasteiger partial charge in [-0.3, -0.25) is 24.0 Å². The average Bonchev–Trinajstić information content (AvgIpc) is 2.98. The highest BCUT2D eigenvalue weighted by atomic mass is 19.1. The van der Waals surface area contributed by atoms with Crippen LogP contribution in [-0.2, 0) is 41.6 Å². The van der Waals surface area contributed by atoms with Gasteiger partial charge in [0.15, 0.2) is 0 Å². The molecule has 256 valence electrons. The maximum atomic E-state index is 13.4. The lowest BCUT2D eigenvalue weighted by Crippen LogP contribution is -2.55. The molecule has 0 radical (unpaired) electrons. The summed E-state index contributed by atoms with van der Waals surface area (Å²) in [6, 6.07) is 11.1. The molecule has 0 unspecified atom stereocenters. The van der Waals surface area contributed by atoms with Crippen LogP contribution in [0.1, 0.15) is 52.2 Å². The number of hydrogen-bond acceptors (Lipinski definition) is 7. The third-order valence-electron chi connectivity index (χ3n) is 6.53. The number of primary amides is 1. The first-order valence-corrected chi connectivity index (χ1v) is 15.2. The minimum atomic E-state index is -1.16. The second-order valence-corrected chi connectivity index (χ2v) is 12.4. The zero-order chi connectivity index (χ0) is 35.1. The number of carbonyl (C=O) groups excluding carboxylic acids is 6. The molecule has 2 rings (SSSR count). The van der Waals surface area contributed by atoms with Crippen LogP contribution in [0.4, 0.5) is 9.18 Å². The third kappa shape index (κ3) is 15.2. The molecule has 7 N–H and O–H groups in total. The maximum absolute atomic E-state index is 13.4. The van der Waals surface area contributed by atoms with Gasteiger partial charge in [-0.1, -0.05) is 56.3 Å². The molecule has 0 aliphatic rings. The topological polar surface area (TPSA) is 198 Å². The van der Waals surface area contributed by atoms with Gasteiger partial charge in [-0.2, -0.15) is 0 Å². The van der Waals surface area contributed by atoms with E-state index in [1.54, 1.807) is 51.1 Å². The number of carbonyl (C=O) groups is 6. The van der Waals surface area contributed by atoms with E-state index < -0.39 is 78.3 Å². The van der Waals surface area contributed by atoms with Crippen LogP contribution in [0.5, 0.6) is 0 Å². The van der Waals surface area contributed by atoms with E-state index in [0.29, 0.717) is 12.0 Å². The summed E-state index contributed by atoms with van der Waals surface area (Å²) in [5.74, 6) is -3.85. The Bertz CT molecular complexity index is 1380. The molecule has 47 heavy (non-hydrogen) atoms. The molecule has 0 heterocycles. The van der Waals surface area contributed by atoms with E-state index in [2.05, 4.69) is 26.6 Å². The average molecular weight is 657 g/mol. The van der Waals surface area contributed by atoms with E-state index in [1.165, 1.54) is 24.3 Å². The van der Waals surface area contributed by atoms with E-state index in [0.717, 1.165) is 5.56 Å². The maximum Gasteiger partial charge on any atom is 0.408 e. The summed E-state index contributed by atoms with van der Waals surface area (Å²) in [6.07, 6.45) is -0.460. The molecule has 0 spiro atoms. The summed E-state index contributed by atoms with van der Waals surface area (Å²) in [5, 5.41) is 12.4. The van der Waals surface area contributed by atoms with Gasteiger partial charge in [0, 0.05) is 12.8 Å². The van der Waals surface area contributed by atoms with Gasteiger partial charge in [-0.15, -0.1) is 0 Å². The molecule has 0 saturated heterocycles. The Labute approximate surface area is 273 Å². The fourth-order valence-corrected chi connectivity index (χ4v) is 4.34. The second-order valence-electron chi connectivity index (χ2n) is 12.4. The van der Waals surface area contributed by atoms with Crippen molar-refractivity contribution >= 4 is 35.6 Å². The van der Waals surface area contributed by atoms with Gasteiger partial charge < -0.3 is 37.1 Å². The van der Waals surface area contributed by atoms with Crippen LogP contribution in [0.25, 0.3) is 0 Å². The van der Waals surface area contributed by atoms with E-state index in [-0.39, 0.29) is 18.8 Å². The van der Waals surface area contributed by atoms with Gasteiger partial charge in [-0.25, -0.2) is 9.18 Å². The minimum absolute atomic E-state index is 0.0198. The van der Waals surface area contributed by atoms with Crippen LogP contribution in [0, 0.1) is 11.7 Å². The fraction of sp³-hybridized carbons (Fsp3) is 0.455. The van der Waals surface area contributed by atoms with E-state index in [1.807, 2.05) is 13.8 Å². The molecule has 3 atom stereocenters. The Kier molecular flexibility index (Phi) is 14.8. The summed E-state index contributed by atoms with van der Waals surface area (Å²) in [7, 11) is 0. The summed E-state index contributed by atoms with van der Waals surface area (Å²) in [5.41, 5.74) is 5.93. The number of nitrogens with two attached hydrogens (primary N) is 1. The van der Waals surface area contributed by atoms with Crippen molar-refractivity contribution in [1.82, 2.24) is 26.6 Å². The summed E-state index contributed by atoms with van der Waals surface area (Å²) in [4.78, 5) is 75.7. The predicted octanol–water partition coefficient (Wildman–Crippen LogP) is 1.24. The number of rotatable bonds is 16.